The van der Waals surface area contributed by atoms with Crippen LogP contribution in [0, 0.1) is 0 Å². The summed E-state index contributed by atoms with van der Waals surface area (Å²) in [5.41, 5.74) is 2.91. The summed E-state index contributed by atoms with van der Waals surface area (Å²) in [7, 11) is 0. The fourth-order valence-corrected chi connectivity index (χ4v) is 2.85. The third-order valence-corrected chi connectivity index (χ3v) is 4.06. The van der Waals surface area contributed by atoms with Gasteiger partial charge in [-0.1, -0.05) is 38.1 Å². The SMILES string of the molecule is CCN(CC)CC(O)CNC1Cc2ccccc2C1. The molecule has 1 atom stereocenters. The first-order valence-electron chi connectivity index (χ1n) is 7.43. The van der Waals surface area contributed by atoms with Crippen LogP contribution in [0.15, 0.2) is 24.3 Å². The minimum Gasteiger partial charge on any atom is -0.390 e. The molecule has 0 bridgehead atoms. The van der Waals surface area contributed by atoms with E-state index in [0.717, 1.165) is 32.5 Å². The predicted molar refractivity (Wildman–Crippen MR) is 79.4 cm³/mol. The van der Waals surface area contributed by atoms with Gasteiger partial charge >= 0.3 is 0 Å². The molecule has 2 N–H and O–H groups in total. The van der Waals surface area contributed by atoms with Gasteiger partial charge in [0.05, 0.1) is 6.10 Å². The van der Waals surface area contributed by atoms with Gasteiger partial charge in [0, 0.05) is 19.1 Å². The van der Waals surface area contributed by atoms with E-state index >= 15 is 0 Å². The van der Waals surface area contributed by atoms with E-state index in [0.29, 0.717) is 12.6 Å². The first-order valence-corrected chi connectivity index (χ1v) is 7.43. The van der Waals surface area contributed by atoms with Gasteiger partial charge in [0.2, 0.25) is 0 Å². The molecule has 1 aromatic rings. The second-order valence-corrected chi connectivity index (χ2v) is 5.42. The van der Waals surface area contributed by atoms with E-state index < -0.39 is 0 Å². The van der Waals surface area contributed by atoms with Crippen molar-refractivity contribution in [1.29, 1.82) is 0 Å². The Hall–Kier alpha value is -0.900. The van der Waals surface area contributed by atoms with E-state index in [1.165, 1.54) is 11.1 Å². The molecule has 0 aliphatic heterocycles. The summed E-state index contributed by atoms with van der Waals surface area (Å²) in [6, 6.07) is 9.13. The third kappa shape index (κ3) is 4.03. The van der Waals surface area contributed by atoms with E-state index in [-0.39, 0.29) is 6.10 Å². The summed E-state index contributed by atoms with van der Waals surface area (Å²) < 4.78 is 0. The standard InChI is InChI=1S/C16H26N2O/c1-3-18(4-2)12-16(19)11-17-15-9-13-7-5-6-8-14(13)10-15/h5-8,15-17,19H,3-4,9-12H2,1-2H3. The molecule has 1 aromatic carbocycles. The molecule has 1 aliphatic carbocycles. The summed E-state index contributed by atoms with van der Waals surface area (Å²) in [5.74, 6) is 0. The Labute approximate surface area is 116 Å². The lowest BCUT2D eigenvalue weighted by Gasteiger charge is -2.23. The molecule has 2 rings (SSSR count). The Kier molecular flexibility index (Phi) is 5.37. The topological polar surface area (TPSA) is 35.5 Å². The number of rotatable bonds is 7. The molecule has 19 heavy (non-hydrogen) atoms. The molecule has 0 heterocycles. The lowest BCUT2D eigenvalue weighted by molar-refractivity contribution is 0.114. The van der Waals surface area contributed by atoms with Gasteiger partial charge in [-0.3, -0.25) is 0 Å². The van der Waals surface area contributed by atoms with Gasteiger partial charge in [-0.25, -0.2) is 0 Å². The van der Waals surface area contributed by atoms with Gasteiger partial charge in [-0.05, 0) is 37.1 Å². The number of benzene rings is 1. The molecule has 0 saturated heterocycles. The van der Waals surface area contributed by atoms with E-state index in [1.54, 1.807) is 0 Å². The van der Waals surface area contributed by atoms with Crippen LogP contribution in [0.2, 0.25) is 0 Å². The van der Waals surface area contributed by atoms with Crippen molar-refractivity contribution in [1.82, 2.24) is 10.2 Å². The number of hydrogen-bond donors (Lipinski definition) is 2. The van der Waals surface area contributed by atoms with Gasteiger partial charge in [0.15, 0.2) is 0 Å². The third-order valence-electron chi connectivity index (χ3n) is 4.06. The Morgan fingerprint density at radius 2 is 1.79 bits per heavy atom. The van der Waals surface area contributed by atoms with Crippen molar-refractivity contribution in [3.63, 3.8) is 0 Å². The smallest absolute Gasteiger partial charge is 0.0791 e. The largest absolute Gasteiger partial charge is 0.390 e. The fourth-order valence-electron chi connectivity index (χ4n) is 2.85. The normalized spacial score (nSPS) is 16.8. The van der Waals surface area contributed by atoms with Crippen molar-refractivity contribution in [2.45, 2.75) is 38.8 Å². The van der Waals surface area contributed by atoms with Crippen molar-refractivity contribution < 1.29 is 5.11 Å². The lowest BCUT2D eigenvalue weighted by Crippen LogP contribution is -2.41. The maximum Gasteiger partial charge on any atom is 0.0791 e. The molecule has 0 aromatic heterocycles. The Balaban J connectivity index is 1.73. The number of likely N-dealkylation sites (N-methyl/N-ethyl adjacent to an activating group) is 1. The Bertz CT molecular complexity index is 365. The summed E-state index contributed by atoms with van der Waals surface area (Å²) in [6.45, 7) is 7.73. The van der Waals surface area contributed by atoms with Crippen LogP contribution < -0.4 is 5.32 Å². The maximum absolute atomic E-state index is 10.1. The van der Waals surface area contributed by atoms with Gasteiger partial charge < -0.3 is 15.3 Å². The highest BCUT2D eigenvalue weighted by atomic mass is 16.3. The van der Waals surface area contributed by atoms with E-state index in [1.807, 2.05) is 0 Å². The molecule has 1 unspecified atom stereocenters. The number of fused-ring (bicyclic) bond motifs is 1. The number of aliphatic hydroxyl groups is 1. The van der Waals surface area contributed by atoms with Crippen LogP contribution in [-0.2, 0) is 12.8 Å². The van der Waals surface area contributed by atoms with Crippen molar-refractivity contribution >= 4 is 0 Å². The second-order valence-electron chi connectivity index (χ2n) is 5.42. The highest BCUT2D eigenvalue weighted by Gasteiger charge is 2.21. The molecular formula is C16H26N2O. The molecule has 106 valence electrons. The molecule has 3 nitrogen and oxygen atoms in total. The van der Waals surface area contributed by atoms with Gasteiger partial charge in [-0.15, -0.1) is 0 Å². The second kappa shape index (κ2) is 7.04. The molecule has 3 heteroatoms. The molecule has 0 spiro atoms. The summed E-state index contributed by atoms with van der Waals surface area (Å²) in [4.78, 5) is 2.26. The van der Waals surface area contributed by atoms with Crippen molar-refractivity contribution in [3.8, 4) is 0 Å². The quantitative estimate of drug-likeness (QED) is 0.780. The van der Waals surface area contributed by atoms with Crippen LogP contribution in [0.1, 0.15) is 25.0 Å². The first-order chi connectivity index (χ1) is 9.22. The molecule has 1 aliphatic rings. The Morgan fingerprint density at radius 3 is 2.32 bits per heavy atom. The van der Waals surface area contributed by atoms with Crippen LogP contribution in [0.5, 0.6) is 0 Å². The fraction of sp³-hybridized carbons (Fsp3) is 0.625. The van der Waals surface area contributed by atoms with E-state index in [2.05, 4.69) is 48.3 Å². The van der Waals surface area contributed by atoms with Crippen molar-refractivity contribution in [2.75, 3.05) is 26.2 Å². The average Bonchev–Trinajstić information content (AvgIpc) is 2.85. The maximum atomic E-state index is 10.1. The van der Waals surface area contributed by atoms with Gasteiger partial charge in [0.1, 0.15) is 0 Å². The summed E-state index contributed by atoms with van der Waals surface area (Å²) in [6.07, 6.45) is 1.91. The highest BCUT2D eigenvalue weighted by Crippen LogP contribution is 2.21. The van der Waals surface area contributed by atoms with Crippen LogP contribution >= 0.6 is 0 Å². The minimum absolute atomic E-state index is 0.274. The van der Waals surface area contributed by atoms with Crippen molar-refractivity contribution in [3.05, 3.63) is 35.4 Å². The minimum atomic E-state index is -0.274. The summed E-state index contributed by atoms with van der Waals surface area (Å²) in [5, 5.41) is 13.6. The number of nitrogens with zero attached hydrogens (tertiary/aromatic N) is 1. The number of nitrogens with one attached hydrogen (secondary N) is 1. The van der Waals surface area contributed by atoms with E-state index in [4.69, 9.17) is 0 Å². The van der Waals surface area contributed by atoms with Crippen LogP contribution in [0.25, 0.3) is 0 Å². The Morgan fingerprint density at radius 1 is 1.21 bits per heavy atom. The van der Waals surface area contributed by atoms with Gasteiger partial charge in [-0.2, -0.15) is 0 Å². The highest BCUT2D eigenvalue weighted by molar-refractivity contribution is 5.33. The monoisotopic (exact) mass is 262 g/mol. The van der Waals surface area contributed by atoms with Gasteiger partial charge in [0.25, 0.3) is 0 Å². The number of aliphatic hydroxyl groups excluding tert-OH is 1. The van der Waals surface area contributed by atoms with Crippen LogP contribution in [-0.4, -0.2) is 48.3 Å². The zero-order valence-electron chi connectivity index (χ0n) is 12.1. The van der Waals surface area contributed by atoms with E-state index in [9.17, 15) is 5.11 Å². The number of hydrogen-bond acceptors (Lipinski definition) is 3. The zero-order valence-corrected chi connectivity index (χ0v) is 12.1. The zero-order chi connectivity index (χ0) is 13.7. The van der Waals surface area contributed by atoms with Crippen molar-refractivity contribution in [2.24, 2.45) is 0 Å². The molecular weight excluding hydrogens is 236 g/mol. The molecule has 0 amide bonds. The molecule has 0 saturated carbocycles. The lowest BCUT2D eigenvalue weighted by atomic mass is 10.1. The first kappa shape index (κ1) is 14.5. The molecule has 0 fully saturated rings. The summed E-state index contributed by atoms with van der Waals surface area (Å²) >= 11 is 0. The predicted octanol–water partition coefficient (Wildman–Crippen LogP) is 1.45. The average molecular weight is 262 g/mol. The van der Waals surface area contributed by atoms with Crippen LogP contribution in [0.3, 0.4) is 0 Å². The molecule has 0 radical (unpaired) electrons. The van der Waals surface area contributed by atoms with Crippen LogP contribution in [0.4, 0.5) is 0 Å².